The molecule has 15 heavy (non-hydrogen) atoms. The van der Waals surface area contributed by atoms with Crippen molar-refractivity contribution in [1.29, 1.82) is 0 Å². The van der Waals surface area contributed by atoms with Crippen LogP contribution in [0.5, 0.6) is 0 Å². The highest BCUT2D eigenvalue weighted by Gasteiger charge is 2.20. The summed E-state index contributed by atoms with van der Waals surface area (Å²) in [5, 5.41) is 3.60. The Labute approximate surface area is 94.2 Å². The van der Waals surface area contributed by atoms with Gasteiger partial charge >= 0.3 is 0 Å². The van der Waals surface area contributed by atoms with Crippen LogP contribution >= 0.6 is 0 Å². The van der Waals surface area contributed by atoms with Crippen molar-refractivity contribution in [3.05, 3.63) is 0 Å². The fourth-order valence-electron chi connectivity index (χ4n) is 2.13. The lowest BCUT2D eigenvalue weighted by molar-refractivity contribution is 0.187. The summed E-state index contributed by atoms with van der Waals surface area (Å²) in [7, 11) is 1.78. The molecule has 1 saturated heterocycles. The van der Waals surface area contributed by atoms with E-state index in [9.17, 15) is 0 Å². The summed E-state index contributed by atoms with van der Waals surface area (Å²) in [6.45, 7) is 8.06. The predicted molar refractivity (Wildman–Crippen MR) is 64.2 cm³/mol. The lowest BCUT2D eigenvalue weighted by Gasteiger charge is -2.16. The summed E-state index contributed by atoms with van der Waals surface area (Å²) in [6, 6.07) is 0.743. The smallest absolute Gasteiger partial charge is 0.0462 e. The Morgan fingerprint density at radius 3 is 3.00 bits per heavy atom. The molecule has 1 N–H and O–H groups in total. The molecule has 0 saturated carbocycles. The second kappa shape index (κ2) is 8.08. The van der Waals surface area contributed by atoms with Crippen LogP contribution < -0.4 is 5.32 Å². The lowest BCUT2D eigenvalue weighted by atomic mass is 10.2. The molecule has 1 atom stereocenters. The minimum absolute atomic E-state index is 0.743. The first-order valence-electron chi connectivity index (χ1n) is 6.31. The summed E-state index contributed by atoms with van der Waals surface area (Å²) in [5.41, 5.74) is 0. The van der Waals surface area contributed by atoms with Crippen molar-refractivity contribution in [2.24, 2.45) is 0 Å². The van der Waals surface area contributed by atoms with Gasteiger partial charge in [-0.2, -0.15) is 0 Å². The monoisotopic (exact) mass is 214 g/mol. The summed E-state index contributed by atoms with van der Waals surface area (Å²) in [4.78, 5) is 2.57. The first-order valence-corrected chi connectivity index (χ1v) is 6.31. The van der Waals surface area contributed by atoms with E-state index < -0.39 is 0 Å². The average Bonchev–Trinajstić information content (AvgIpc) is 2.69. The summed E-state index contributed by atoms with van der Waals surface area (Å²) in [5.74, 6) is 0. The van der Waals surface area contributed by atoms with Crippen molar-refractivity contribution in [2.75, 3.05) is 39.9 Å². The van der Waals surface area contributed by atoms with Gasteiger partial charge in [0.2, 0.25) is 0 Å². The molecule has 1 aliphatic heterocycles. The van der Waals surface area contributed by atoms with Crippen molar-refractivity contribution in [3.8, 4) is 0 Å². The molecule has 0 aromatic heterocycles. The van der Waals surface area contributed by atoms with E-state index in [2.05, 4.69) is 17.1 Å². The van der Waals surface area contributed by atoms with Gasteiger partial charge in [-0.05, 0) is 45.3 Å². The van der Waals surface area contributed by atoms with Crippen molar-refractivity contribution < 1.29 is 4.74 Å². The molecule has 0 aromatic rings. The van der Waals surface area contributed by atoms with Crippen LogP contribution in [0.3, 0.4) is 0 Å². The molecule has 1 rings (SSSR count). The third-order valence-corrected chi connectivity index (χ3v) is 3.03. The minimum Gasteiger partial charge on any atom is -0.385 e. The summed E-state index contributed by atoms with van der Waals surface area (Å²) < 4.78 is 5.05. The molecular formula is C12H26N2O. The SMILES string of the molecule is CCCNC1CCN(CCCCOC)C1. The highest BCUT2D eigenvalue weighted by Crippen LogP contribution is 2.09. The second-order valence-electron chi connectivity index (χ2n) is 4.44. The fraction of sp³-hybridized carbons (Fsp3) is 1.00. The van der Waals surface area contributed by atoms with Gasteiger partial charge in [0, 0.05) is 26.3 Å². The molecule has 3 heteroatoms. The van der Waals surface area contributed by atoms with E-state index in [0.29, 0.717) is 0 Å². The van der Waals surface area contributed by atoms with Crippen LogP contribution in [-0.4, -0.2) is 50.8 Å². The van der Waals surface area contributed by atoms with Crippen molar-refractivity contribution in [3.63, 3.8) is 0 Å². The third kappa shape index (κ3) is 5.50. The van der Waals surface area contributed by atoms with Crippen molar-refractivity contribution in [1.82, 2.24) is 10.2 Å². The number of nitrogens with zero attached hydrogens (tertiary/aromatic N) is 1. The standard InChI is InChI=1S/C12H26N2O/c1-3-7-13-12-6-9-14(11-12)8-4-5-10-15-2/h12-13H,3-11H2,1-2H3. The number of hydrogen-bond donors (Lipinski definition) is 1. The maximum Gasteiger partial charge on any atom is 0.0462 e. The zero-order valence-electron chi connectivity index (χ0n) is 10.3. The molecule has 1 aliphatic rings. The predicted octanol–water partition coefficient (Wildman–Crippen LogP) is 1.49. The van der Waals surface area contributed by atoms with Gasteiger partial charge in [0.1, 0.15) is 0 Å². The number of nitrogens with one attached hydrogen (secondary N) is 1. The molecule has 1 heterocycles. The molecule has 0 amide bonds. The highest BCUT2D eigenvalue weighted by atomic mass is 16.5. The van der Waals surface area contributed by atoms with Crippen LogP contribution in [0.15, 0.2) is 0 Å². The molecule has 0 aromatic carbocycles. The van der Waals surface area contributed by atoms with Gasteiger partial charge < -0.3 is 15.0 Å². The highest BCUT2D eigenvalue weighted by molar-refractivity contribution is 4.80. The molecule has 0 aliphatic carbocycles. The summed E-state index contributed by atoms with van der Waals surface area (Å²) >= 11 is 0. The molecule has 0 radical (unpaired) electrons. The fourth-order valence-corrected chi connectivity index (χ4v) is 2.13. The molecule has 3 nitrogen and oxygen atoms in total. The number of unbranched alkanes of at least 4 members (excludes halogenated alkanes) is 1. The van der Waals surface area contributed by atoms with Crippen LogP contribution in [0.1, 0.15) is 32.6 Å². The van der Waals surface area contributed by atoms with Gasteiger partial charge in [-0.1, -0.05) is 6.92 Å². The molecule has 0 bridgehead atoms. The Balaban J connectivity index is 1.98. The zero-order chi connectivity index (χ0) is 10.9. The topological polar surface area (TPSA) is 24.5 Å². The minimum atomic E-state index is 0.743. The van der Waals surface area contributed by atoms with E-state index >= 15 is 0 Å². The van der Waals surface area contributed by atoms with Crippen molar-refractivity contribution in [2.45, 2.75) is 38.6 Å². The normalized spacial score (nSPS) is 22.4. The first kappa shape index (κ1) is 12.9. The van der Waals surface area contributed by atoms with Gasteiger partial charge in [0.15, 0.2) is 0 Å². The van der Waals surface area contributed by atoms with E-state index in [4.69, 9.17) is 4.74 Å². The number of hydrogen-bond acceptors (Lipinski definition) is 3. The molecular weight excluding hydrogens is 188 g/mol. The van der Waals surface area contributed by atoms with E-state index in [1.54, 1.807) is 7.11 Å². The quantitative estimate of drug-likeness (QED) is 0.620. The van der Waals surface area contributed by atoms with Gasteiger partial charge in [-0.25, -0.2) is 0 Å². The lowest BCUT2D eigenvalue weighted by Crippen LogP contribution is -2.33. The maximum absolute atomic E-state index is 5.05. The Morgan fingerprint density at radius 1 is 1.40 bits per heavy atom. The van der Waals surface area contributed by atoms with Gasteiger partial charge in [0.25, 0.3) is 0 Å². The first-order chi connectivity index (χ1) is 7.36. The second-order valence-corrected chi connectivity index (χ2v) is 4.44. The van der Waals surface area contributed by atoms with E-state index in [1.807, 2.05) is 0 Å². The molecule has 90 valence electrons. The van der Waals surface area contributed by atoms with Crippen LogP contribution in [-0.2, 0) is 4.74 Å². The van der Waals surface area contributed by atoms with Gasteiger partial charge in [-0.15, -0.1) is 0 Å². The van der Waals surface area contributed by atoms with Crippen LogP contribution in [0, 0.1) is 0 Å². The molecule has 1 unspecified atom stereocenters. The molecule has 1 fully saturated rings. The number of likely N-dealkylation sites (tertiary alicyclic amines) is 1. The Hall–Kier alpha value is -0.120. The Kier molecular flexibility index (Phi) is 6.98. The summed E-state index contributed by atoms with van der Waals surface area (Å²) in [6.07, 6.45) is 5.03. The van der Waals surface area contributed by atoms with E-state index in [1.165, 1.54) is 51.9 Å². The Bertz CT molecular complexity index is 153. The van der Waals surface area contributed by atoms with Crippen molar-refractivity contribution >= 4 is 0 Å². The van der Waals surface area contributed by atoms with Crippen LogP contribution in [0.25, 0.3) is 0 Å². The third-order valence-electron chi connectivity index (χ3n) is 3.03. The maximum atomic E-state index is 5.05. The number of rotatable bonds is 8. The largest absolute Gasteiger partial charge is 0.385 e. The van der Waals surface area contributed by atoms with Crippen LogP contribution in [0.2, 0.25) is 0 Å². The number of methoxy groups -OCH3 is 1. The van der Waals surface area contributed by atoms with Gasteiger partial charge in [-0.3, -0.25) is 0 Å². The Morgan fingerprint density at radius 2 is 2.27 bits per heavy atom. The van der Waals surface area contributed by atoms with E-state index in [-0.39, 0.29) is 0 Å². The van der Waals surface area contributed by atoms with E-state index in [0.717, 1.165) is 12.6 Å². The van der Waals surface area contributed by atoms with Crippen LogP contribution in [0.4, 0.5) is 0 Å². The van der Waals surface area contributed by atoms with Gasteiger partial charge in [0.05, 0.1) is 0 Å². The average molecular weight is 214 g/mol. The number of ether oxygens (including phenoxy) is 1. The zero-order valence-corrected chi connectivity index (χ0v) is 10.3. The molecule has 0 spiro atoms.